The maximum atomic E-state index is 8.81. The molecule has 0 bridgehead atoms. The molecule has 0 atom stereocenters. The van der Waals surface area contributed by atoms with Gasteiger partial charge in [0.15, 0.2) is 0 Å². The highest BCUT2D eigenvalue weighted by molar-refractivity contribution is 5.44. The highest BCUT2D eigenvalue weighted by atomic mass is 16.6. The molecule has 0 radical (unpaired) electrons. The van der Waals surface area contributed by atoms with Crippen molar-refractivity contribution < 1.29 is 14.3 Å². The van der Waals surface area contributed by atoms with Crippen LogP contribution < -0.4 is 0 Å². The SMILES string of the molecule is C1COCCO1.CC=O. The molecule has 1 heterocycles. The third-order valence-corrected chi connectivity index (χ3v) is 0.744. The lowest BCUT2D eigenvalue weighted by atomic mass is 10.6. The van der Waals surface area contributed by atoms with Gasteiger partial charge in [0, 0.05) is 0 Å². The van der Waals surface area contributed by atoms with Crippen LogP contribution in [0.25, 0.3) is 0 Å². The Kier molecular flexibility index (Phi) is 7.24. The van der Waals surface area contributed by atoms with E-state index in [1.54, 1.807) is 0 Å². The van der Waals surface area contributed by atoms with Crippen LogP contribution in [0.2, 0.25) is 0 Å². The summed E-state index contributed by atoms with van der Waals surface area (Å²) in [5, 5.41) is 0. The Labute approximate surface area is 55.0 Å². The highest BCUT2D eigenvalue weighted by Crippen LogP contribution is 1.85. The number of carbonyl (C=O) groups is 1. The first-order valence-electron chi connectivity index (χ1n) is 2.97. The van der Waals surface area contributed by atoms with Crippen LogP contribution in [0.3, 0.4) is 0 Å². The van der Waals surface area contributed by atoms with E-state index in [1.165, 1.54) is 6.92 Å². The summed E-state index contributed by atoms with van der Waals surface area (Å²) in [7, 11) is 0. The first-order valence-corrected chi connectivity index (χ1v) is 2.97. The van der Waals surface area contributed by atoms with Gasteiger partial charge >= 0.3 is 0 Å². The van der Waals surface area contributed by atoms with Crippen molar-refractivity contribution in [3.8, 4) is 0 Å². The average molecular weight is 132 g/mol. The van der Waals surface area contributed by atoms with Crippen LogP contribution in [0.5, 0.6) is 0 Å². The molecular formula is C6H12O3. The van der Waals surface area contributed by atoms with Gasteiger partial charge in [0.2, 0.25) is 0 Å². The predicted molar refractivity (Wildman–Crippen MR) is 33.4 cm³/mol. The topological polar surface area (TPSA) is 35.5 Å². The number of carbonyl (C=O) groups excluding carboxylic acids is 1. The smallest absolute Gasteiger partial charge is 0.116 e. The van der Waals surface area contributed by atoms with E-state index < -0.39 is 0 Å². The molecule has 1 aliphatic rings. The Morgan fingerprint density at radius 3 is 1.44 bits per heavy atom. The second kappa shape index (κ2) is 7.59. The maximum absolute atomic E-state index is 8.81. The summed E-state index contributed by atoms with van der Waals surface area (Å²) in [6.07, 6.45) is 0.750. The van der Waals surface area contributed by atoms with E-state index in [4.69, 9.17) is 14.3 Å². The quantitative estimate of drug-likeness (QED) is 0.443. The lowest BCUT2D eigenvalue weighted by Gasteiger charge is -2.09. The number of ether oxygens (including phenoxy) is 2. The van der Waals surface area contributed by atoms with E-state index in [9.17, 15) is 0 Å². The van der Waals surface area contributed by atoms with Gasteiger partial charge in [-0.25, -0.2) is 0 Å². The monoisotopic (exact) mass is 132 g/mol. The summed E-state index contributed by atoms with van der Waals surface area (Å²) < 4.78 is 9.89. The molecule has 0 amide bonds. The summed E-state index contributed by atoms with van der Waals surface area (Å²) >= 11 is 0. The van der Waals surface area contributed by atoms with Crippen LogP contribution in [0, 0.1) is 0 Å². The van der Waals surface area contributed by atoms with E-state index >= 15 is 0 Å². The average Bonchev–Trinajstić information content (AvgIpc) is 1.93. The van der Waals surface area contributed by atoms with Gasteiger partial charge in [0.05, 0.1) is 26.4 Å². The van der Waals surface area contributed by atoms with Crippen molar-refractivity contribution >= 4 is 6.29 Å². The lowest BCUT2D eigenvalue weighted by molar-refractivity contribution is -0.106. The Bertz CT molecular complexity index is 47.8. The molecule has 0 aliphatic carbocycles. The first-order chi connectivity index (χ1) is 4.41. The largest absolute Gasteiger partial charge is 0.377 e. The summed E-state index contributed by atoms with van der Waals surface area (Å²) in [6, 6.07) is 0. The Balaban J connectivity index is 0.000000187. The normalized spacial score (nSPS) is 17.4. The highest BCUT2D eigenvalue weighted by Gasteiger charge is 1.94. The number of aldehydes is 1. The zero-order chi connectivity index (χ0) is 6.95. The molecule has 0 N–H and O–H groups in total. The maximum Gasteiger partial charge on any atom is 0.116 e. The molecule has 0 aromatic heterocycles. The molecule has 0 unspecified atom stereocenters. The van der Waals surface area contributed by atoms with E-state index in [0.717, 1.165) is 32.7 Å². The van der Waals surface area contributed by atoms with Crippen LogP contribution >= 0.6 is 0 Å². The molecule has 1 saturated heterocycles. The lowest BCUT2D eigenvalue weighted by Crippen LogP contribution is -2.16. The van der Waals surface area contributed by atoms with Crippen molar-refractivity contribution in [3.05, 3.63) is 0 Å². The van der Waals surface area contributed by atoms with Crippen LogP contribution in [-0.4, -0.2) is 32.7 Å². The van der Waals surface area contributed by atoms with Gasteiger partial charge < -0.3 is 14.3 Å². The van der Waals surface area contributed by atoms with Crippen LogP contribution in [-0.2, 0) is 14.3 Å². The van der Waals surface area contributed by atoms with Gasteiger partial charge in [-0.2, -0.15) is 0 Å². The summed E-state index contributed by atoms with van der Waals surface area (Å²) in [4.78, 5) is 8.81. The number of hydrogen-bond acceptors (Lipinski definition) is 3. The molecular weight excluding hydrogens is 120 g/mol. The van der Waals surface area contributed by atoms with Gasteiger partial charge in [0.1, 0.15) is 6.29 Å². The molecule has 54 valence electrons. The second-order valence-electron chi connectivity index (χ2n) is 1.46. The van der Waals surface area contributed by atoms with Gasteiger partial charge in [-0.1, -0.05) is 0 Å². The minimum atomic E-state index is 0.750. The standard InChI is InChI=1S/C4H8O2.C2H4O/c1-2-6-4-3-5-1;1-2-3/h1-4H2;2H,1H3. The molecule has 9 heavy (non-hydrogen) atoms. The predicted octanol–water partition coefficient (Wildman–Crippen LogP) is 0.238. The number of hydrogen-bond donors (Lipinski definition) is 0. The Hall–Kier alpha value is -0.410. The van der Waals surface area contributed by atoms with E-state index in [0.29, 0.717) is 0 Å². The van der Waals surface area contributed by atoms with Crippen molar-refractivity contribution in [3.63, 3.8) is 0 Å². The van der Waals surface area contributed by atoms with E-state index in [-0.39, 0.29) is 0 Å². The molecule has 0 spiro atoms. The number of rotatable bonds is 0. The summed E-state index contributed by atoms with van der Waals surface area (Å²) in [5.41, 5.74) is 0. The van der Waals surface area contributed by atoms with E-state index in [2.05, 4.69) is 0 Å². The minimum Gasteiger partial charge on any atom is -0.377 e. The van der Waals surface area contributed by atoms with Gasteiger partial charge in [-0.3, -0.25) is 0 Å². The summed E-state index contributed by atoms with van der Waals surface area (Å²) in [5.74, 6) is 0. The van der Waals surface area contributed by atoms with Crippen LogP contribution in [0.4, 0.5) is 0 Å². The van der Waals surface area contributed by atoms with Gasteiger partial charge in [-0.05, 0) is 6.92 Å². The van der Waals surface area contributed by atoms with Crippen LogP contribution in [0.15, 0.2) is 0 Å². The molecule has 0 aromatic rings. The van der Waals surface area contributed by atoms with Gasteiger partial charge in [-0.15, -0.1) is 0 Å². The van der Waals surface area contributed by atoms with Crippen LogP contribution in [0.1, 0.15) is 6.92 Å². The molecule has 3 nitrogen and oxygen atoms in total. The fraction of sp³-hybridized carbons (Fsp3) is 0.833. The van der Waals surface area contributed by atoms with Gasteiger partial charge in [0.25, 0.3) is 0 Å². The molecule has 0 aromatic carbocycles. The fourth-order valence-electron chi connectivity index (χ4n) is 0.440. The van der Waals surface area contributed by atoms with E-state index in [1.807, 2.05) is 0 Å². The minimum absolute atomic E-state index is 0.750. The second-order valence-corrected chi connectivity index (χ2v) is 1.46. The zero-order valence-electron chi connectivity index (χ0n) is 5.63. The van der Waals surface area contributed by atoms with Crippen molar-refractivity contribution in [1.29, 1.82) is 0 Å². The van der Waals surface area contributed by atoms with Crippen molar-refractivity contribution in [2.24, 2.45) is 0 Å². The molecule has 3 heteroatoms. The van der Waals surface area contributed by atoms with Crippen molar-refractivity contribution in [2.75, 3.05) is 26.4 Å². The Morgan fingerprint density at radius 1 is 1.11 bits per heavy atom. The fourth-order valence-corrected chi connectivity index (χ4v) is 0.440. The zero-order valence-corrected chi connectivity index (χ0v) is 5.63. The molecule has 1 rings (SSSR count). The Morgan fingerprint density at radius 2 is 1.33 bits per heavy atom. The molecule has 0 saturated carbocycles. The third kappa shape index (κ3) is 7.59. The third-order valence-electron chi connectivity index (χ3n) is 0.744. The van der Waals surface area contributed by atoms with Crippen molar-refractivity contribution in [2.45, 2.75) is 6.92 Å². The first kappa shape index (κ1) is 8.59. The molecule has 1 fully saturated rings. The summed E-state index contributed by atoms with van der Waals surface area (Å²) in [6.45, 7) is 4.56. The van der Waals surface area contributed by atoms with Crippen molar-refractivity contribution in [1.82, 2.24) is 0 Å². The molecule has 1 aliphatic heterocycles.